The lowest BCUT2D eigenvalue weighted by atomic mass is 9.89. The van der Waals surface area contributed by atoms with Crippen molar-refractivity contribution in [2.24, 2.45) is 0 Å². The zero-order chi connectivity index (χ0) is 66.9. The zero-order valence-electron chi connectivity index (χ0n) is 47.8. The molecule has 0 unspecified atom stereocenters. The summed E-state index contributed by atoms with van der Waals surface area (Å²) >= 11 is 24.6. The minimum Gasteiger partial charge on any atom is -0.481 e. The van der Waals surface area contributed by atoms with Gasteiger partial charge in [-0.2, -0.15) is 26.3 Å². The lowest BCUT2D eigenvalue weighted by Crippen LogP contribution is -2.58. The zero-order valence-corrected chi connectivity index (χ0v) is 52.4. The summed E-state index contributed by atoms with van der Waals surface area (Å²) in [7, 11) is -8.96. The van der Waals surface area contributed by atoms with E-state index in [4.69, 9.17) is 55.9 Å². The highest BCUT2D eigenvalue weighted by Crippen LogP contribution is 2.55. The molecule has 2 amide bonds. The lowest BCUT2D eigenvalue weighted by molar-refractivity contribution is -0.193. The van der Waals surface area contributed by atoms with Gasteiger partial charge in [0.05, 0.1) is 49.9 Å². The van der Waals surface area contributed by atoms with Crippen LogP contribution in [0.5, 0.6) is 0 Å². The van der Waals surface area contributed by atoms with Crippen molar-refractivity contribution in [2.45, 2.75) is 122 Å². The molecule has 2 heterocycles. The van der Waals surface area contributed by atoms with Crippen LogP contribution in [0.2, 0.25) is 20.1 Å². The fourth-order valence-corrected chi connectivity index (χ4v) is 16.0. The maximum absolute atomic E-state index is 14.7. The van der Waals surface area contributed by atoms with Crippen LogP contribution in [0.15, 0.2) is 146 Å². The monoisotopic (exact) mass is 1400 g/mol. The predicted molar refractivity (Wildman–Crippen MR) is 322 cm³/mol. The summed E-state index contributed by atoms with van der Waals surface area (Å²) in [5.74, 6) is -6.59. The average Bonchev–Trinajstić information content (AvgIpc) is 1.45. The number of aliphatic carboxylic acids is 2. The maximum Gasteiger partial charge on any atom is 0.391 e. The first kappa shape index (κ1) is 69.9. The van der Waals surface area contributed by atoms with Crippen molar-refractivity contribution in [1.29, 1.82) is 0 Å². The Morgan fingerprint density at radius 3 is 1.14 bits per heavy atom. The van der Waals surface area contributed by atoms with Crippen molar-refractivity contribution >= 4 is 90.2 Å². The van der Waals surface area contributed by atoms with Gasteiger partial charge in [-0.15, -0.1) is 0 Å². The molecular formula is C62H56Cl4F8N4O12S2. The second-order valence-electron chi connectivity index (χ2n) is 22.5. The molecule has 2 saturated carbocycles. The van der Waals surface area contributed by atoms with Crippen LogP contribution < -0.4 is 9.44 Å². The number of ether oxygens (including phenoxy) is 2. The number of carbonyl (C=O) groups excluding carboxylic acids is 2. The Hall–Kier alpha value is -6.46. The van der Waals surface area contributed by atoms with E-state index in [9.17, 15) is 81.4 Å². The van der Waals surface area contributed by atoms with Crippen molar-refractivity contribution in [3.8, 4) is 0 Å². The molecule has 0 bridgehead atoms. The molecule has 2 aliphatic heterocycles. The first-order valence-electron chi connectivity index (χ1n) is 28.3. The molecule has 0 aromatic heterocycles. The van der Waals surface area contributed by atoms with Crippen molar-refractivity contribution in [1.82, 2.24) is 19.2 Å². The summed E-state index contributed by atoms with van der Waals surface area (Å²) in [5, 5.41) is 20.2. The van der Waals surface area contributed by atoms with E-state index < -0.39 is 165 Å². The Bertz CT molecular complexity index is 3690. The van der Waals surface area contributed by atoms with Gasteiger partial charge < -0.3 is 29.5 Å². The van der Waals surface area contributed by atoms with E-state index in [2.05, 4.69) is 9.44 Å². The Morgan fingerprint density at radius 1 is 0.511 bits per heavy atom. The van der Waals surface area contributed by atoms with Crippen LogP contribution in [0.1, 0.15) is 109 Å². The number of alkyl halides is 6. The predicted octanol–water partition coefficient (Wildman–Crippen LogP) is 13.1. The van der Waals surface area contributed by atoms with Gasteiger partial charge >= 0.3 is 24.3 Å². The molecule has 6 aromatic carbocycles. The molecule has 0 spiro atoms. The first-order valence-corrected chi connectivity index (χ1v) is 32.7. The molecule has 2 aliphatic carbocycles. The number of hydrogen-bond donors (Lipinski definition) is 4. The normalized spacial score (nSPS) is 22.0. The van der Waals surface area contributed by atoms with Crippen molar-refractivity contribution in [2.75, 3.05) is 13.1 Å². The summed E-state index contributed by atoms with van der Waals surface area (Å²) < 4.78 is 182. The molecule has 4 aliphatic rings. The van der Waals surface area contributed by atoms with Gasteiger partial charge in [-0.25, -0.2) is 35.1 Å². The molecule has 492 valence electrons. The number of sulfonamides is 2. The van der Waals surface area contributed by atoms with Crippen LogP contribution >= 0.6 is 46.4 Å². The number of carboxylic acid groups (broad SMARTS) is 2. The van der Waals surface area contributed by atoms with Crippen molar-refractivity contribution in [3.63, 3.8) is 0 Å². The number of rotatable bonds is 22. The summed E-state index contributed by atoms with van der Waals surface area (Å²) in [6.07, 6.45) is -20.6. The van der Waals surface area contributed by atoms with Crippen LogP contribution in [0.4, 0.5) is 35.1 Å². The standard InChI is InChI=1S/2C31H28Cl2F4N2O6S/c2*32-20-10-8-18(9-11-20)27-28(19-4-3-5-21(33)14-19)45-25(15-26(40)41)29(42)39(27)22(16-31(35,36)37)17-38-46(43,44)30(12-13-30)23-6-1-2-7-24(23)34/h2*1-11,14,22,25,27-28,38H,12-13,15-17H2,(H,40,41)/t22-,25+,27-,28-;22-,25-,27-,28-/m11/s1. The number of nitrogens with zero attached hydrogens (tertiary/aromatic N) is 2. The highest BCUT2D eigenvalue weighted by molar-refractivity contribution is 7.91. The number of carboxylic acids is 2. The van der Waals surface area contributed by atoms with Crippen LogP contribution in [-0.2, 0) is 58.2 Å². The lowest BCUT2D eigenvalue weighted by Gasteiger charge is -2.48. The molecule has 92 heavy (non-hydrogen) atoms. The molecule has 6 aromatic rings. The quantitative estimate of drug-likeness (QED) is 0.0466. The largest absolute Gasteiger partial charge is 0.481 e. The molecular weight excluding hydrogens is 1350 g/mol. The number of halogens is 12. The minimum absolute atomic E-state index is 0.0363. The van der Waals surface area contributed by atoms with Gasteiger partial charge in [0.1, 0.15) is 45.5 Å². The third kappa shape index (κ3) is 15.8. The number of amides is 2. The van der Waals surface area contributed by atoms with Crippen LogP contribution in [0, 0.1) is 11.6 Å². The van der Waals surface area contributed by atoms with Gasteiger partial charge in [0, 0.05) is 44.3 Å². The van der Waals surface area contributed by atoms with Crippen LogP contribution in [0.3, 0.4) is 0 Å². The van der Waals surface area contributed by atoms with Gasteiger partial charge in [-0.1, -0.05) is 131 Å². The van der Waals surface area contributed by atoms with E-state index in [1.54, 1.807) is 36.4 Å². The highest BCUT2D eigenvalue weighted by atomic mass is 35.5. The molecule has 4 N–H and O–H groups in total. The Balaban J connectivity index is 0.000000217. The average molecular weight is 1410 g/mol. The molecule has 16 nitrogen and oxygen atoms in total. The fraction of sp³-hybridized carbons (Fsp3) is 0.355. The fourth-order valence-electron chi connectivity index (χ4n) is 11.8. The van der Waals surface area contributed by atoms with E-state index >= 15 is 0 Å². The minimum atomic E-state index is -4.89. The van der Waals surface area contributed by atoms with E-state index in [0.717, 1.165) is 21.9 Å². The number of morpholine rings is 2. The summed E-state index contributed by atoms with van der Waals surface area (Å²) in [5.41, 5.74) is 1.03. The Morgan fingerprint density at radius 2 is 0.848 bits per heavy atom. The summed E-state index contributed by atoms with van der Waals surface area (Å²) in [4.78, 5) is 53.2. The molecule has 4 fully saturated rings. The third-order valence-corrected chi connectivity index (χ3v) is 21.6. The van der Waals surface area contributed by atoms with Gasteiger partial charge in [-0.05, 0) is 109 Å². The van der Waals surface area contributed by atoms with Crippen LogP contribution in [-0.4, -0.2) is 110 Å². The third-order valence-electron chi connectivity index (χ3n) is 16.3. The highest BCUT2D eigenvalue weighted by Gasteiger charge is 2.60. The van der Waals surface area contributed by atoms with Crippen molar-refractivity contribution in [3.05, 3.63) is 211 Å². The Labute approximate surface area is 542 Å². The number of nitrogens with one attached hydrogen (secondary N) is 2. The van der Waals surface area contributed by atoms with Crippen LogP contribution in [0.25, 0.3) is 0 Å². The number of carbonyl (C=O) groups is 4. The second kappa shape index (κ2) is 27.9. The molecule has 10 rings (SSSR count). The second-order valence-corrected chi connectivity index (χ2v) is 28.4. The molecule has 30 heteroatoms. The maximum atomic E-state index is 14.7. The van der Waals surface area contributed by atoms with Gasteiger partial charge in [0.15, 0.2) is 0 Å². The van der Waals surface area contributed by atoms with E-state index in [1.165, 1.54) is 97.1 Å². The molecule has 0 radical (unpaired) electrons. The number of hydrogen-bond acceptors (Lipinski definition) is 10. The molecule has 2 saturated heterocycles. The summed E-state index contributed by atoms with van der Waals surface area (Å²) in [6.45, 7) is -1.81. The summed E-state index contributed by atoms with van der Waals surface area (Å²) in [6, 6.07) is 28.3. The van der Waals surface area contributed by atoms with E-state index in [0.29, 0.717) is 21.2 Å². The van der Waals surface area contributed by atoms with E-state index in [-0.39, 0.29) is 58.0 Å². The van der Waals surface area contributed by atoms with E-state index in [1.807, 2.05) is 0 Å². The van der Waals surface area contributed by atoms with Gasteiger partial charge in [-0.3, -0.25) is 19.2 Å². The van der Waals surface area contributed by atoms with Gasteiger partial charge in [0.25, 0.3) is 11.8 Å². The topological polar surface area (TPSA) is 226 Å². The smallest absolute Gasteiger partial charge is 0.391 e. The number of benzene rings is 6. The first-order chi connectivity index (χ1) is 43.2. The van der Waals surface area contributed by atoms with Crippen molar-refractivity contribution < 1.29 is 90.8 Å². The van der Waals surface area contributed by atoms with Gasteiger partial charge in [0.2, 0.25) is 20.0 Å². The molecule has 8 atom stereocenters. The Kier molecular flexibility index (Phi) is 21.2. The SMILES string of the molecule is O=C(O)C[C@@H]1O[C@H](c2cccc(Cl)c2)[C@@H](c2ccc(Cl)cc2)N([C@@H](CNS(=O)(=O)C2(c3ccccc3F)CC2)CC(F)(F)F)C1=O.O=C(O)C[C@H]1O[C@H](c2cccc(Cl)c2)[C@@H](c2ccc(Cl)cc2)N([C@@H](CNS(=O)(=O)C2(c3ccccc3F)CC2)CC(F)(F)F)C1=O.